The van der Waals surface area contributed by atoms with Crippen molar-refractivity contribution in [1.82, 2.24) is 10.0 Å². The Morgan fingerprint density at radius 2 is 1.83 bits per heavy atom. The fourth-order valence-electron chi connectivity index (χ4n) is 3.36. The minimum absolute atomic E-state index is 0.310. The molecule has 1 saturated carbocycles. The highest BCUT2D eigenvalue weighted by molar-refractivity contribution is 5.62. The third-order valence-electron chi connectivity index (χ3n) is 4.55. The summed E-state index contributed by atoms with van der Waals surface area (Å²) in [5, 5.41) is 22.0. The third-order valence-corrected chi connectivity index (χ3v) is 4.55. The highest BCUT2D eigenvalue weighted by atomic mass is 16.5. The topological polar surface area (TPSA) is 56.6 Å². The van der Waals surface area contributed by atoms with Crippen molar-refractivity contribution in [1.29, 1.82) is 0 Å². The van der Waals surface area contributed by atoms with E-state index >= 15 is 0 Å². The summed E-state index contributed by atoms with van der Waals surface area (Å²) in [4.78, 5) is 4.15. The van der Waals surface area contributed by atoms with Crippen molar-refractivity contribution in [3.05, 3.63) is 54.4 Å². The highest BCUT2D eigenvalue weighted by Gasteiger charge is 2.31. The zero-order valence-electron chi connectivity index (χ0n) is 13.4. The molecule has 0 bridgehead atoms. The van der Waals surface area contributed by atoms with Gasteiger partial charge >= 0.3 is 0 Å². The van der Waals surface area contributed by atoms with Gasteiger partial charge < -0.3 is 10.3 Å². The van der Waals surface area contributed by atoms with Crippen molar-refractivity contribution < 1.29 is 10.3 Å². The smallest absolute Gasteiger partial charge is 0.0797 e. The van der Waals surface area contributed by atoms with Gasteiger partial charge in [-0.3, -0.25) is 4.98 Å². The molecule has 0 unspecified atom stereocenters. The van der Waals surface area contributed by atoms with Crippen LogP contribution in [0.25, 0.3) is 11.1 Å². The molecular formula is C19H24N2O2. The van der Waals surface area contributed by atoms with Gasteiger partial charge in [0.25, 0.3) is 0 Å². The molecule has 2 aromatic rings. The lowest BCUT2D eigenvalue weighted by Crippen LogP contribution is -2.42. The maximum Gasteiger partial charge on any atom is 0.0797 e. The fourth-order valence-corrected chi connectivity index (χ4v) is 3.36. The normalized spacial score (nSPS) is 17.3. The zero-order valence-corrected chi connectivity index (χ0v) is 13.4. The first-order valence-electron chi connectivity index (χ1n) is 8.30. The number of pyridine rings is 1. The molecule has 1 aromatic heterocycles. The van der Waals surface area contributed by atoms with Crippen LogP contribution in [0.3, 0.4) is 0 Å². The summed E-state index contributed by atoms with van der Waals surface area (Å²) in [6, 6.07) is 12.0. The number of hydroxylamine groups is 2. The SMILES string of the molecule is ON(Cc1cccc(-c2cccnc2)c1)CC1(O)CCCCC1. The minimum atomic E-state index is -0.742. The van der Waals surface area contributed by atoms with E-state index in [4.69, 9.17) is 0 Å². The van der Waals surface area contributed by atoms with Gasteiger partial charge in [-0.05, 0) is 41.7 Å². The molecule has 0 saturated heterocycles. The van der Waals surface area contributed by atoms with Gasteiger partial charge in [0.1, 0.15) is 0 Å². The summed E-state index contributed by atoms with van der Waals surface area (Å²) in [7, 11) is 0. The molecule has 0 amide bonds. The van der Waals surface area contributed by atoms with Crippen LogP contribution < -0.4 is 0 Å². The first-order chi connectivity index (χ1) is 11.1. The van der Waals surface area contributed by atoms with Crippen molar-refractivity contribution in [2.24, 2.45) is 0 Å². The van der Waals surface area contributed by atoms with E-state index in [0.29, 0.717) is 13.1 Å². The minimum Gasteiger partial charge on any atom is -0.388 e. The van der Waals surface area contributed by atoms with Crippen molar-refractivity contribution >= 4 is 0 Å². The summed E-state index contributed by atoms with van der Waals surface area (Å²) >= 11 is 0. The highest BCUT2D eigenvalue weighted by Crippen LogP contribution is 2.29. The molecule has 3 rings (SSSR count). The number of benzene rings is 1. The van der Waals surface area contributed by atoms with E-state index in [-0.39, 0.29) is 0 Å². The Morgan fingerprint density at radius 3 is 2.57 bits per heavy atom. The van der Waals surface area contributed by atoms with Crippen molar-refractivity contribution in [3.63, 3.8) is 0 Å². The van der Waals surface area contributed by atoms with Gasteiger partial charge in [-0.15, -0.1) is 0 Å². The summed E-state index contributed by atoms with van der Waals surface area (Å²) in [6.45, 7) is 0.723. The molecular weight excluding hydrogens is 288 g/mol. The second kappa shape index (κ2) is 7.21. The van der Waals surface area contributed by atoms with E-state index in [2.05, 4.69) is 11.1 Å². The van der Waals surface area contributed by atoms with Crippen LogP contribution in [0.2, 0.25) is 0 Å². The second-order valence-corrected chi connectivity index (χ2v) is 6.55. The largest absolute Gasteiger partial charge is 0.388 e. The molecule has 1 fully saturated rings. The van der Waals surface area contributed by atoms with E-state index in [9.17, 15) is 10.3 Å². The molecule has 1 aromatic carbocycles. The molecule has 0 radical (unpaired) electrons. The monoisotopic (exact) mass is 312 g/mol. The first kappa shape index (κ1) is 16.1. The van der Waals surface area contributed by atoms with Gasteiger partial charge in [-0.1, -0.05) is 43.5 Å². The molecule has 23 heavy (non-hydrogen) atoms. The van der Waals surface area contributed by atoms with Gasteiger partial charge in [0.05, 0.1) is 12.1 Å². The fraction of sp³-hybridized carbons (Fsp3) is 0.421. The molecule has 1 aliphatic carbocycles. The maximum atomic E-state index is 10.5. The average molecular weight is 312 g/mol. The molecule has 1 heterocycles. The van der Waals surface area contributed by atoms with Crippen LogP contribution in [0.5, 0.6) is 0 Å². The molecule has 4 heteroatoms. The average Bonchev–Trinajstić information content (AvgIpc) is 2.56. The lowest BCUT2D eigenvalue weighted by atomic mass is 9.85. The van der Waals surface area contributed by atoms with Crippen LogP contribution in [0.1, 0.15) is 37.7 Å². The third kappa shape index (κ3) is 4.38. The maximum absolute atomic E-state index is 10.5. The number of hydrogen-bond acceptors (Lipinski definition) is 4. The Hall–Kier alpha value is -1.75. The van der Waals surface area contributed by atoms with Crippen LogP contribution in [0.15, 0.2) is 48.8 Å². The first-order valence-corrected chi connectivity index (χ1v) is 8.30. The quantitative estimate of drug-likeness (QED) is 0.828. The van der Waals surface area contributed by atoms with Crippen molar-refractivity contribution in [3.8, 4) is 11.1 Å². The number of aliphatic hydroxyl groups is 1. The number of hydrogen-bond donors (Lipinski definition) is 2. The second-order valence-electron chi connectivity index (χ2n) is 6.55. The van der Waals surface area contributed by atoms with Gasteiger partial charge in [-0.25, -0.2) is 0 Å². The number of rotatable bonds is 5. The predicted octanol–water partition coefficient (Wildman–Crippen LogP) is 3.64. The van der Waals surface area contributed by atoms with Gasteiger partial charge in [0, 0.05) is 18.9 Å². The molecule has 1 aliphatic rings. The van der Waals surface area contributed by atoms with Crippen LogP contribution in [-0.4, -0.2) is 32.5 Å². The molecule has 0 atom stereocenters. The Morgan fingerprint density at radius 1 is 1.04 bits per heavy atom. The Labute approximate surface area is 137 Å². The van der Waals surface area contributed by atoms with Crippen LogP contribution >= 0.6 is 0 Å². The number of aromatic nitrogens is 1. The molecule has 2 N–H and O–H groups in total. The van der Waals surface area contributed by atoms with Crippen LogP contribution in [-0.2, 0) is 6.54 Å². The van der Waals surface area contributed by atoms with Gasteiger partial charge in [0.15, 0.2) is 0 Å². The van der Waals surface area contributed by atoms with Crippen molar-refractivity contribution in [2.75, 3.05) is 6.54 Å². The lowest BCUT2D eigenvalue weighted by molar-refractivity contribution is -0.154. The Bertz CT molecular complexity index is 624. The van der Waals surface area contributed by atoms with E-state index in [0.717, 1.165) is 42.4 Å². The van der Waals surface area contributed by atoms with E-state index < -0.39 is 5.60 Å². The molecule has 4 nitrogen and oxygen atoms in total. The lowest BCUT2D eigenvalue weighted by Gasteiger charge is -2.34. The Balaban J connectivity index is 1.66. The van der Waals surface area contributed by atoms with E-state index in [1.165, 1.54) is 11.5 Å². The van der Waals surface area contributed by atoms with Crippen LogP contribution in [0.4, 0.5) is 0 Å². The van der Waals surface area contributed by atoms with E-state index in [1.807, 2.05) is 36.5 Å². The number of nitrogens with zero attached hydrogens (tertiary/aromatic N) is 2. The summed E-state index contributed by atoms with van der Waals surface area (Å²) in [5.74, 6) is 0. The zero-order chi connectivity index (χ0) is 16.1. The van der Waals surface area contributed by atoms with E-state index in [1.54, 1.807) is 6.20 Å². The van der Waals surface area contributed by atoms with Gasteiger partial charge in [0.2, 0.25) is 0 Å². The molecule has 0 aliphatic heterocycles. The molecule has 0 spiro atoms. The summed E-state index contributed by atoms with van der Waals surface area (Å²) in [5.41, 5.74) is 2.42. The van der Waals surface area contributed by atoms with Crippen LogP contribution in [0, 0.1) is 0 Å². The molecule has 122 valence electrons. The standard InChI is InChI=1S/C19H24N2O2/c22-19(9-2-1-3-10-19)15-21(23)14-16-6-4-7-17(12-16)18-8-5-11-20-13-18/h4-8,11-13,22-23H,1-3,9-10,14-15H2. The van der Waals surface area contributed by atoms with Gasteiger partial charge in [-0.2, -0.15) is 5.06 Å². The summed E-state index contributed by atoms with van der Waals surface area (Å²) < 4.78 is 0. The Kier molecular flexibility index (Phi) is 5.06. The summed E-state index contributed by atoms with van der Waals surface area (Å²) in [6.07, 6.45) is 8.41. The predicted molar refractivity (Wildman–Crippen MR) is 89.9 cm³/mol. The van der Waals surface area contributed by atoms with Crippen molar-refractivity contribution in [2.45, 2.75) is 44.2 Å².